The van der Waals surface area contributed by atoms with Crippen LogP contribution in [0.3, 0.4) is 0 Å². The number of nitrogens with two attached hydrogens (primary N) is 1. The molecule has 0 aliphatic heterocycles. The molecule has 0 aromatic heterocycles. The lowest BCUT2D eigenvalue weighted by Gasteiger charge is -2.28. The molecule has 30 heavy (non-hydrogen) atoms. The van der Waals surface area contributed by atoms with Crippen LogP contribution >= 0.6 is 0 Å². The van der Waals surface area contributed by atoms with Gasteiger partial charge in [-0.2, -0.15) is 26.3 Å². The fraction of sp³-hybridized carbons (Fsp3) is 0.300. The molecule has 0 saturated heterocycles. The van der Waals surface area contributed by atoms with Crippen LogP contribution in [0.4, 0.5) is 26.3 Å². The number of amides is 2. The van der Waals surface area contributed by atoms with Crippen molar-refractivity contribution in [3.05, 3.63) is 70.8 Å². The molecule has 10 heteroatoms. The highest BCUT2D eigenvalue weighted by Gasteiger charge is 2.43. The zero-order chi connectivity index (χ0) is 22.7. The first-order valence-corrected chi connectivity index (χ1v) is 8.68. The van der Waals surface area contributed by atoms with E-state index in [1.54, 1.807) is 30.3 Å². The van der Waals surface area contributed by atoms with Crippen LogP contribution in [0.1, 0.15) is 33.5 Å². The largest absolute Gasteiger partial charge is 0.417 e. The Labute approximate surface area is 168 Å². The standard InChI is InChI=1S/C20H18F6N2O2/c1-28(14(11-17(27)29)9-12-5-3-2-4-6-12)18(30)13-7-8-15(19(21,22)23)16(10-13)20(24,25)26/h2-8,10,14H,9,11H2,1H3,(H2,27,29). The van der Waals surface area contributed by atoms with Crippen molar-refractivity contribution < 1.29 is 35.9 Å². The maximum atomic E-state index is 13.2. The van der Waals surface area contributed by atoms with Gasteiger partial charge in [-0.1, -0.05) is 30.3 Å². The van der Waals surface area contributed by atoms with Crippen molar-refractivity contribution in [2.24, 2.45) is 5.73 Å². The first-order valence-electron chi connectivity index (χ1n) is 8.68. The van der Waals surface area contributed by atoms with E-state index in [2.05, 4.69) is 0 Å². The molecule has 0 aliphatic carbocycles. The molecule has 0 heterocycles. The molecule has 2 aromatic carbocycles. The maximum absolute atomic E-state index is 13.2. The van der Waals surface area contributed by atoms with Crippen molar-refractivity contribution in [3.63, 3.8) is 0 Å². The van der Waals surface area contributed by atoms with Crippen LogP contribution in [0.15, 0.2) is 48.5 Å². The van der Waals surface area contributed by atoms with E-state index in [9.17, 15) is 35.9 Å². The lowest BCUT2D eigenvalue weighted by molar-refractivity contribution is -0.162. The zero-order valence-corrected chi connectivity index (χ0v) is 15.7. The monoisotopic (exact) mass is 432 g/mol. The third-order valence-electron chi connectivity index (χ3n) is 4.50. The van der Waals surface area contributed by atoms with Gasteiger partial charge in [0.15, 0.2) is 0 Å². The van der Waals surface area contributed by atoms with E-state index in [4.69, 9.17) is 5.73 Å². The summed E-state index contributed by atoms with van der Waals surface area (Å²) in [6.07, 6.45) is -10.6. The van der Waals surface area contributed by atoms with Gasteiger partial charge in [-0.05, 0) is 30.2 Å². The van der Waals surface area contributed by atoms with Crippen molar-refractivity contribution >= 4 is 11.8 Å². The smallest absolute Gasteiger partial charge is 0.370 e. The quantitative estimate of drug-likeness (QED) is 0.693. The Balaban J connectivity index is 2.39. The summed E-state index contributed by atoms with van der Waals surface area (Å²) < 4.78 is 78.3. The average Bonchev–Trinajstić information content (AvgIpc) is 2.65. The van der Waals surface area contributed by atoms with Crippen LogP contribution in [-0.2, 0) is 23.6 Å². The number of benzene rings is 2. The second kappa shape index (κ2) is 8.76. The summed E-state index contributed by atoms with van der Waals surface area (Å²) in [5, 5.41) is 0. The molecule has 0 radical (unpaired) electrons. The fourth-order valence-electron chi connectivity index (χ4n) is 2.99. The summed E-state index contributed by atoms with van der Waals surface area (Å²) in [6.45, 7) is 0. The number of likely N-dealkylation sites (N-methyl/N-ethyl adjacent to an activating group) is 1. The second-order valence-corrected chi connectivity index (χ2v) is 6.69. The van der Waals surface area contributed by atoms with Crippen molar-refractivity contribution in [2.75, 3.05) is 7.05 Å². The lowest BCUT2D eigenvalue weighted by Crippen LogP contribution is -2.41. The summed E-state index contributed by atoms with van der Waals surface area (Å²) in [5.41, 5.74) is 1.54. The second-order valence-electron chi connectivity index (χ2n) is 6.69. The summed E-state index contributed by atoms with van der Waals surface area (Å²) >= 11 is 0. The van der Waals surface area contributed by atoms with E-state index in [1.807, 2.05) is 0 Å². The first kappa shape index (κ1) is 23.2. The number of carbonyl (C=O) groups excluding carboxylic acids is 2. The van der Waals surface area contributed by atoms with Crippen LogP contribution in [0.2, 0.25) is 0 Å². The van der Waals surface area contributed by atoms with Gasteiger partial charge in [-0.3, -0.25) is 9.59 Å². The molecule has 0 aliphatic rings. The Morgan fingerprint density at radius 3 is 2.00 bits per heavy atom. The Morgan fingerprint density at radius 2 is 1.50 bits per heavy atom. The van der Waals surface area contributed by atoms with Crippen LogP contribution in [0, 0.1) is 0 Å². The van der Waals surface area contributed by atoms with E-state index in [1.165, 1.54) is 7.05 Å². The highest BCUT2D eigenvalue weighted by atomic mass is 19.4. The number of nitrogens with zero attached hydrogens (tertiary/aromatic N) is 1. The van der Waals surface area contributed by atoms with Crippen LogP contribution in [-0.4, -0.2) is 29.8 Å². The van der Waals surface area contributed by atoms with Gasteiger partial charge in [-0.15, -0.1) is 0 Å². The molecule has 2 aromatic rings. The minimum Gasteiger partial charge on any atom is -0.370 e. The Bertz CT molecular complexity index is 910. The molecule has 0 saturated carbocycles. The lowest BCUT2D eigenvalue weighted by atomic mass is 9.99. The van der Waals surface area contributed by atoms with E-state index < -0.39 is 46.9 Å². The number of hydrogen-bond acceptors (Lipinski definition) is 2. The Hall–Kier alpha value is -3.04. The predicted octanol–water partition coefficient (Wildman–Crippen LogP) is 4.28. The maximum Gasteiger partial charge on any atom is 0.417 e. The van der Waals surface area contributed by atoms with Gasteiger partial charge in [0.1, 0.15) is 0 Å². The number of hydrogen-bond donors (Lipinski definition) is 1. The van der Waals surface area contributed by atoms with Crippen LogP contribution < -0.4 is 5.73 Å². The molecular formula is C20H18F6N2O2. The van der Waals surface area contributed by atoms with E-state index >= 15 is 0 Å². The molecule has 2 amide bonds. The van der Waals surface area contributed by atoms with E-state index in [-0.39, 0.29) is 25.0 Å². The third kappa shape index (κ3) is 5.74. The molecule has 4 nitrogen and oxygen atoms in total. The molecule has 1 atom stereocenters. The highest BCUT2D eigenvalue weighted by molar-refractivity contribution is 5.95. The van der Waals surface area contributed by atoms with Gasteiger partial charge in [0.25, 0.3) is 5.91 Å². The third-order valence-corrected chi connectivity index (χ3v) is 4.50. The molecule has 2 N–H and O–H groups in total. The molecular weight excluding hydrogens is 414 g/mol. The van der Waals surface area contributed by atoms with Gasteiger partial charge in [0, 0.05) is 25.1 Å². The minimum absolute atomic E-state index is 0.172. The topological polar surface area (TPSA) is 63.4 Å². The Kier molecular flexibility index (Phi) is 6.79. The fourth-order valence-corrected chi connectivity index (χ4v) is 2.99. The SMILES string of the molecule is CN(C(=O)c1ccc(C(F)(F)F)c(C(F)(F)F)c1)C(CC(N)=O)Cc1ccccc1. The molecule has 0 fully saturated rings. The number of primary amides is 1. The van der Waals surface area contributed by atoms with Gasteiger partial charge >= 0.3 is 12.4 Å². The summed E-state index contributed by atoms with van der Waals surface area (Å²) in [4.78, 5) is 25.2. The van der Waals surface area contributed by atoms with Gasteiger partial charge in [0.2, 0.25) is 5.91 Å². The molecule has 0 bridgehead atoms. The zero-order valence-electron chi connectivity index (χ0n) is 15.7. The van der Waals surface area contributed by atoms with E-state index in [0.29, 0.717) is 6.07 Å². The van der Waals surface area contributed by atoms with Crippen molar-refractivity contribution in [1.29, 1.82) is 0 Å². The van der Waals surface area contributed by atoms with Crippen molar-refractivity contribution in [1.82, 2.24) is 4.90 Å². The number of alkyl halides is 6. The first-order chi connectivity index (χ1) is 13.8. The van der Waals surface area contributed by atoms with Crippen molar-refractivity contribution in [3.8, 4) is 0 Å². The highest BCUT2D eigenvalue weighted by Crippen LogP contribution is 2.40. The van der Waals surface area contributed by atoms with Crippen LogP contribution in [0.25, 0.3) is 0 Å². The van der Waals surface area contributed by atoms with Crippen LogP contribution in [0.5, 0.6) is 0 Å². The average molecular weight is 432 g/mol. The number of carbonyl (C=O) groups is 2. The molecule has 0 spiro atoms. The summed E-state index contributed by atoms with van der Waals surface area (Å²) in [7, 11) is 1.25. The summed E-state index contributed by atoms with van der Waals surface area (Å²) in [6, 6.07) is 8.94. The predicted molar refractivity (Wildman–Crippen MR) is 96.3 cm³/mol. The molecule has 1 unspecified atom stereocenters. The number of halogens is 6. The van der Waals surface area contributed by atoms with E-state index in [0.717, 1.165) is 10.5 Å². The summed E-state index contributed by atoms with van der Waals surface area (Å²) in [5.74, 6) is -1.70. The molecule has 2 rings (SSSR count). The molecule has 162 valence electrons. The van der Waals surface area contributed by atoms with Gasteiger partial charge in [0.05, 0.1) is 11.1 Å². The van der Waals surface area contributed by atoms with Gasteiger partial charge in [-0.25, -0.2) is 0 Å². The Morgan fingerprint density at radius 1 is 0.933 bits per heavy atom. The normalized spacial score (nSPS) is 13.0. The van der Waals surface area contributed by atoms with Gasteiger partial charge < -0.3 is 10.6 Å². The van der Waals surface area contributed by atoms with Crippen molar-refractivity contribution in [2.45, 2.75) is 31.2 Å². The minimum atomic E-state index is -5.31. The number of rotatable bonds is 6.